The zero-order valence-corrected chi connectivity index (χ0v) is 11.9. The molecule has 0 unspecified atom stereocenters. The number of benzene rings is 2. The van der Waals surface area contributed by atoms with Crippen LogP contribution in [0, 0.1) is 0 Å². The number of carbonyl (C=O) groups excluding carboxylic acids is 1. The molecule has 5 heteroatoms. The van der Waals surface area contributed by atoms with E-state index >= 15 is 0 Å². The number of aromatic nitrogens is 2. The first-order valence-electron chi connectivity index (χ1n) is 6.97. The summed E-state index contributed by atoms with van der Waals surface area (Å²) in [6.07, 6.45) is 0. The minimum absolute atomic E-state index is 0.306. The van der Waals surface area contributed by atoms with Gasteiger partial charge in [0.05, 0.1) is 5.69 Å². The predicted molar refractivity (Wildman–Crippen MR) is 86.2 cm³/mol. The van der Waals surface area contributed by atoms with Gasteiger partial charge in [0.15, 0.2) is 0 Å². The fourth-order valence-corrected chi connectivity index (χ4v) is 2.22. The summed E-state index contributed by atoms with van der Waals surface area (Å²) < 4.78 is 1.30. The monoisotopic (exact) mass is 292 g/mol. The van der Waals surface area contributed by atoms with Crippen LogP contribution in [-0.4, -0.2) is 15.8 Å². The van der Waals surface area contributed by atoms with E-state index in [-0.39, 0.29) is 6.03 Å². The topological polar surface area (TPSA) is 72.9 Å². The van der Waals surface area contributed by atoms with Gasteiger partial charge in [-0.15, -0.1) is 5.10 Å². The van der Waals surface area contributed by atoms with Gasteiger partial charge in [-0.1, -0.05) is 60.7 Å². The molecular formula is C17H16N4O. The molecule has 1 amide bonds. The van der Waals surface area contributed by atoms with Crippen molar-refractivity contribution in [3.63, 3.8) is 0 Å². The Balaban J connectivity index is 1.81. The van der Waals surface area contributed by atoms with E-state index < -0.39 is 0 Å². The summed E-state index contributed by atoms with van der Waals surface area (Å²) in [4.78, 5) is 12.4. The van der Waals surface area contributed by atoms with E-state index in [1.165, 1.54) is 4.68 Å². The molecule has 0 fully saturated rings. The molecule has 0 aliphatic heterocycles. The first-order valence-corrected chi connectivity index (χ1v) is 6.97. The Bertz CT molecular complexity index is 766. The predicted octanol–water partition coefficient (Wildman–Crippen LogP) is 2.89. The van der Waals surface area contributed by atoms with Crippen LogP contribution < -0.4 is 11.1 Å². The highest BCUT2D eigenvalue weighted by Crippen LogP contribution is 2.21. The number of nitrogens with zero attached hydrogens (tertiary/aromatic N) is 2. The number of rotatable bonds is 3. The van der Waals surface area contributed by atoms with Crippen LogP contribution in [0.1, 0.15) is 5.56 Å². The number of hydrogen-bond acceptors (Lipinski definition) is 3. The van der Waals surface area contributed by atoms with Gasteiger partial charge in [-0.05, 0) is 5.56 Å². The van der Waals surface area contributed by atoms with Gasteiger partial charge >= 0.3 is 6.03 Å². The molecule has 0 aliphatic carbocycles. The zero-order valence-electron chi connectivity index (χ0n) is 11.9. The molecule has 1 heterocycles. The molecule has 2 aromatic carbocycles. The third kappa shape index (κ3) is 2.98. The van der Waals surface area contributed by atoms with Crippen LogP contribution in [0.3, 0.4) is 0 Å². The molecule has 0 bridgehead atoms. The quantitative estimate of drug-likeness (QED) is 0.779. The summed E-state index contributed by atoms with van der Waals surface area (Å²) >= 11 is 0. The van der Waals surface area contributed by atoms with Gasteiger partial charge in [0.2, 0.25) is 0 Å². The van der Waals surface area contributed by atoms with E-state index in [4.69, 9.17) is 5.73 Å². The second-order valence-electron chi connectivity index (χ2n) is 4.88. The first kappa shape index (κ1) is 13.9. The molecule has 0 radical (unpaired) electrons. The van der Waals surface area contributed by atoms with Gasteiger partial charge in [-0.2, -0.15) is 4.68 Å². The van der Waals surface area contributed by atoms with Crippen LogP contribution in [-0.2, 0) is 6.54 Å². The van der Waals surface area contributed by atoms with Crippen LogP contribution in [0.25, 0.3) is 11.3 Å². The molecular weight excluding hydrogens is 276 g/mol. The molecule has 3 N–H and O–H groups in total. The maximum atomic E-state index is 12.4. The van der Waals surface area contributed by atoms with Crippen LogP contribution >= 0.6 is 0 Å². The van der Waals surface area contributed by atoms with Gasteiger partial charge in [0.1, 0.15) is 5.82 Å². The van der Waals surface area contributed by atoms with Crippen molar-refractivity contribution in [3.05, 3.63) is 72.3 Å². The second kappa shape index (κ2) is 6.13. The lowest BCUT2D eigenvalue weighted by atomic mass is 10.1. The van der Waals surface area contributed by atoms with Crippen molar-refractivity contribution >= 4 is 11.8 Å². The average Bonchev–Trinajstić information content (AvgIpc) is 2.96. The fraction of sp³-hybridized carbons (Fsp3) is 0.0588. The summed E-state index contributed by atoms with van der Waals surface area (Å²) in [5.74, 6) is 0.314. The fourth-order valence-electron chi connectivity index (χ4n) is 2.22. The lowest BCUT2D eigenvalue weighted by Crippen LogP contribution is -2.29. The third-order valence-electron chi connectivity index (χ3n) is 3.28. The Labute approximate surface area is 128 Å². The lowest BCUT2D eigenvalue weighted by Gasteiger charge is -2.08. The summed E-state index contributed by atoms with van der Waals surface area (Å²) in [6.45, 7) is 0.438. The maximum Gasteiger partial charge on any atom is 0.342 e. The summed E-state index contributed by atoms with van der Waals surface area (Å²) in [5, 5.41) is 6.93. The number of anilines is 1. The molecule has 1 aromatic heterocycles. The highest BCUT2D eigenvalue weighted by Gasteiger charge is 2.14. The molecule has 0 atom stereocenters. The third-order valence-corrected chi connectivity index (χ3v) is 3.28. The molecule has 22 heavy (non-hydrogen) atoms. The second-order valence-corrected chi connectivity index (χ2v) is 4.88. The van der Waals surface area contributed by atoms with Crippen LogP contribution in [0.15, 0.2) is 66.7 Å². The standard InChI is InChI=1S/C17H16N4O/c18-16-11-15(14-9-5-2-6-10-14)21(20-16)17(22)19-12-13-7-3-1-4-8-13/h1-11H,12H2,(H2,18,20)(H,19,22). The van der Waals surface area contributed by atoms with Crippen LogP contribution in [0.5, 0.6) is 0 Å². The minimum atomic E-state index is -0.306. The number of hydrogen-bond donors (Lipinski definition) is 2. The summed E-state index contributed by atoms with van der Waals surface area (Å²) in [5.41, 5.74) is 8.34. The largest absolute Gasteiger partial charge is 0.382 e. The zero-order chi connectivity index (χ0) is 15.4. The van der Waals surface area contributed by atoms with Crippen LogP contribution in [0.2, 0.25) is 0 Å². The number of amides is 1. The molecule has 0 saturated carbocycles. The number of carbonyl (C=O) groups is 1. The summed E-state index contributed by atoms with van der Waals surface area (Å²) in [7, 11) is 0. The van der Waals surface area contributed by atoms with Crippen molar-refractivity contribution in [3.8, 4) is 11.3 Å². The van der Waals surface area contributed by atoms with Crippen molar-refractivity contribution in [2.24, 2.45) is 0 Å². The normalized spacial score (nSPS) is 10.4. The highest BCUT2D eigenvalue weighted by molar-refractivity contribution is 5.82. The molecule has 3 rings (SSSR count). The molecule has 5 nitrogen and oxygen atoms in total. The number of nitrogens with two attached hydrogens (primary N) is 1. The van der Waals surface area contributed by atoms with Gasteiger partial charge in [0, 0.05) is 18.2 Å². The Morgan fingerprint density at radius 2 is 1.68 bits per heavy atom. The van der Waals surface area contributed by atoms with E-state index in [2.05, 4.69) is 10.4 Å². The molecule has 110 valence electrons. The van der Waals surface area contributed by atoms with E-state index in [1.807, 2.05) is 60.7 Å². The smallest absolute Gasteiger partial charge is 0.342 e. The van der Waals surface area contributed by atoms with Gasteiger partial charge in [-0.25, -0.2) is 4.79 Å². The number of nitrogen functional groups attached to an aromatic ring is 1. The highest BCUT2D eigenvalue weighted by atomic mass is 16.2. The Kier molecular flexibility index (Phi) is 3.87. The molecule has 0 spiro atoms. The van der Waals surface area contributed by atoms with Crippen molar-refractivity contribution < 1.29 is 4.79 Å². The molecule has 0 saturated heterocycles. The minimum Gasteiger partial charge on any atom is -0.382 e. The van der Waals surface area contributed by atoms with E-state index in [0.29, 0.717) is 18.1 Å². The van der Waals surface area contributed by atoms with Gasteiger partial charge in [0.25, 0.3) is 0 Å². The Morgan fingerprint density at radius 1 is 1.05 bits per heavy atom. The van der Waals surface area contributed by atoms with Crippen molar-refractivity contribution in [1.29, 1.82) is 0 Å². The van der Waals surface area contributed by atoms with Crippen molar-refractivity contribution in [2.75, 3.05) is 5.73 Å². The van der Waals surface area contributed by atoms with E-state index in [1.54, 1.807) is 6.07 Å². The van der Waals surface area contributed by atoms with Crippen molar-refractivity contribution in [1.82, 2.24) is 15.1 Å². The Hall–Kier alpha value is -3.08. The first-order chi connectivity index (χ1) is 10.7. The van der Waals surface area contributed by atoms with E-state index in [0.717, 1.165) is 11.1 Å². The number of nitrogens with one attached hydrogen (secondary N) is 1. The lowest BCUT2D eigenvalue weighted by molar-refractivity contribution is 0.239. The van der Waals surface area contributed by atoms with Gasteiger partial charge in [-0.3, -0.25) is 0 Å². The Morgan fingerprint density at radius 3 is 2.36 bits per heavy atom. The molecule has 0 aliphatic rings. The van der Waals surface area contributed by atoms with E-state index in [9.17, 15) is 4.79 Å². The maximum absolute atomic E-state index is 12.4. The van der Waals surface area contributed by atoms with Gasteiger partial charge < -0.3 is 11.1 Å². The van der Waals surface area contributed by atoms with Crippen LogP contribution in [0.4, 0.5) is 10.6 Å². The summed E-state index contributed by atoms with van der Waals surface area (Å²) in [6, 6.07) is 20.7. The average molecular weight is 292 g/mol. The SMILES string of the molecule is Nc1cc(-c2ccccc2)n(C(=O)NCc2ccccc2)n1. The van der Waals surface area contributed by atoms with Crippen molar-refractivity contribution in [2.45, 2.75) is 6.54 Å². The molecule has 3 aromatic rings.